The Labute approximate surface area is 97.2 Å². The zero-order valence-corrected chi connectivity index (χ0v) is 10.6. The summed E-state index contributed by atoms with van der Waals surface area (Å²) in [6.07, 6.45) is 0. The number of aromatic nitrogens is 2. The number of halogens is 1. The smallest absolute Gasteiger partial charge is 0.136 e. The number of benzene rings is 1. The maximum absolute atomic E-state index is 5.21. The summed E-state index contributed by atoms with van der Waals surface area (Å²) in [6, 6.07) is 6.31. The van der Waals surface area contributed by atoms with Gasteiger partial charge in [-0.2, -0.15) is 5.10 Å². The second-order valence-electron chi connectivity index (χ2n) is 3.71. The third-order valence-electron chi connectivity index (χ3n) is 2.36. The van der Waals surface area contributed by atoms with Gasteiger partial charge in [0.25, 0.3) is 0 Å². The van der Waals surface area contributed by atoms with Crippen LogP contribution in [0.1, 0.15) is 19.9 Å². The van der Waals surface area contributed by atoms with Crippen LogP contribution < -0.4 is 4.74 Å². The Morgan fingerprint density at radius 3 is 2.73 bits per heavy atom. The molecule has 0 aliphatic heterocycles. The van der Waals surface area contributed by atoms with Crippen LogP contribution in [-0.4, -0.2) is 16.9 Å². The maximum Gasteiger partial charge on any atom is 0.136 e. The fraction of sp³-hybridized carbons (Fsp3) is 0.364. The van der Waals surface area contributed by atoms with Crippen molar-refractivity contribution in [3.8, 4) is 5.75 Å². The highest BCUT2D eigenvalue weighted by Gasteiger charge is 2.11. The Kier molecular flexibility index (Phi) is 2.69. The Hall–Kier alpha value is -1.03. The molecular formula is C11H13BrN2O. The minimum absolute atomic E-state index is 0.339. The number of hydrogen-bond acceptors (Lipinski definition) is 2. The van der Waals surface area contributed by atoms with Crippen molar-refractivity contribution in [1.82, 2.24) is 9.78 Å². The lowest BCUT2D eigenvalue weighted by molar-refractivity contribution is 0.415. The summed E-state index contributed by atoms with van der Waals surface area (Å²) in [7, 11) is 1.67. The molecule has 0 aliphatic rings. The highest BCUT2D eigenvalue weighted by Crippen LogP contribution is 2.28. The molecule has 0 unspecified atom stereocenters. The molecule has 0 radical (unpaired) electrons. The molecule has 80 valence electrons. The number of methoxy groups -OCH3 is 1. The van der Waals surface area contributed by atoms with E-state index >= 15 is 0 Å². The van der Waals surface area contributed by atoms with E-state index in [2.05, 4.69) is 34.9 Å². The van der Waals surface area contributed by atoms with Crippen LogP contribution in [0.3, 0.4) is 0 Å². The first kappa shape index (κ1) is 10.5. The van der Waals surface area contributed by atoms with Gasteiger partial charge in [0.05, 0.1) is 12.6 Å². The summed E-state index contributed by atoms with van der Waals surface area (Å²) in [4.78, 5) is 0. The van der Waals surface area contributed by atoms with E-state index in [9.17, 15) is 0 Å². The first-order chi connectivity index (χ1) is 7.13. The van der Waals surface area contributed by atoms with Crippen molar-refractivity contribution in [3.63, 3.8) is 0 Å². The molecule has 0 aliphatic carbocycles. The van der Waals surface area contributed by atoms with Gasteiger partial charge in [0.15, 0.2) is 0 Å². The number of nitrogens with zero attached hydrogens (tertiary/aromatic N) is 2. The largest absolute Gasteiger partial charge is 0.497 e. The minimum Gasteiger partial charge on any atom is -0.497 e. The predicted molar refractivity (Wildman–Crippen MR) is 64.4 cm³/mol. The van der Waals surface area contributed by atoms with E-state index in [0.717, 1.165) is 21.3 Å². The molecule has 0 amide bonds. The quantitative estimate of drug-likeness (QED) is 0.835. The van der Waals surface area contributed by atoms with E-state index in [1.54, 1.807) is 7.11 Å². The van der Waals surface area contributed by atoms with Crippen LogP contribution in [0.25, 0.3) is 10.9 Å². The number of rotatable bonds is 2. The predicted octanol–water partition coefficient (Wildman–Crippen LogP) is 3.39. The molecule has 0 N–H and O–H groups in total. The third kappa shape index (κ3) is 1.74. The molecule has 3 nitrogen and oxygen atoms in total. The molecule has 0 spiro atoms. The van der Waals surface area contributed by atoms with Crippen molar-refractivity contribution in [1.29, 1.82) is 0 Å². The normalized spacial score (nSPS) is 11.3. The summed E-state index contributed by atoms with van der Waals surface area (Å²) in [5.41, 5.74) is 1.09. The van der Waals surface area contributed by atoms with E-state index in [-0.39, 0.29) is 0 Å². The molecule has 0 atom stereocenters. The Morgan fingerprint density at radius 1 is 1.40 bits per heavy atom. The van der Waals surface area contributed by atoms with Crippen molar-refractivity contribution in [2.45, 2.75) is 19.9 Å². The molecular weight excluding hydrogens is 256 g/mol. The van der Waals surface area contributed by atoms with Gasteiger partial charge >= 0.3 is 0 Å². The van der Waals surface area contributed by atoms with Crippen LogP contribution in [0.4, 0.5) is 0 Å². The average molecular weight is 269 g/mol. The summed E-state index contributed by atoms with van der Waals surface area (Å²) in [5.74, 6) is 0.858. The number of ether oxygens (including phenoxy) is 1. The Balaban J connectivity index is 2.71. The van der Waals surface area contributed by atoms with Gasteiger partial charge in [-0.1, -0.05) is 0 Å². The zero-order valence-electron chi connectivity index (χ0n) is 8.99. The fourth-order valence-electron chi connectivity index (χ4n) is 1.60. The monoisotopic (exact) mass is 268 g/mol. The third-order valence-corrected chi connectivity index (χ3v) is 2.94. The first-order valence-electron chi connectivity index (χ1n) is 4.85. The molecule has 0 saturated heterocycles. The van der Waals surface area contributed by atoms with Gasteiger partial charge in [-0.15, -0.1) is 0 Å². The van der Waals surface area contributed by atoms with Crippen LogP contribution in [0.2, 0.25) is 0 Å². The van der Waals surface area contributed by atoms with E-state index < -0.39 is 0 Å². The van der Waals surface area contributed by atoms with Crippen LogP contribution in [0.15, 0.2) is 22.8 Å². The Bertz CT molecular complexity index is 491. The molecule has 1 aromatic carbocycles. The fourth-order valence-corrected chi connectivity index (χ4v) is 2.10. The maximum atomic E-state index is 5.21. The standard InChI is InChI=1S/C11H13BrN2O/c1-7(2)14-10-6-8(15-3)4-5-9(10)11(12)13-14/h4-7H,1-3H3. The Morgan fingerprint density at radius 2 is 2.13 bits per heavy atom. The first-order valence-corrected chi connectivity index (χ1v) is 5.64. The van der Waals surface area contributed by atoms with Crippen molar-refractivity contribution < 1.29 is 4.74 Å². The van der Waals surface area contributed by atoms with Crippen molar-refractivity contribution in [2.24, 2.45) is 0 Å². The van der Waals surface area contributed by atoms with E-state index in [1.165, 1.54) is 0 Å². The highest BCUT2D eigenvalue weighted by atomic mass is 79.9. The second-order valence-corrected chi connectivity index (χ2v) is 4.46. The SMILES string of the molecule is COc1ccc2c(Br)nn(C(C)C)c2c1. The molecule has 2 rings (SSSR count). The van der Waals surface area contributed by atoms with Gasteiger partial charge in [-0.05, 0) is 41.9 Å². The summed E-state index contributed by atoms with van der Waals surface area (Å²) < 4.78 is 8.08. The summed E-state index contributed by atoms with van der Waals surface area (Å²) in [6.45, 7) is 4.22. The number of fused-ring (bicyclic) bond motifs is 1. The summed E-state index contributed by atoms with van der Waals surface area (Å²) in [5, 5.41) is 5.56. The van der Waals surface area contributed by atoms with Crippen molar-refractivity contribution in [2.75, 3.05) is 7.11 Å². The molecule has 1 heterocycles. The van der Waals surface area contributed by atoms with Gasteiger partial charge in [-0.25, -0.2) is 0 Å². The molecule has 2 aromatic rings. The molecule has 0 saturated carbocycles. The lowest BCUT2D eigenvalue weighted by atomic mass is 10.2. The van der Waals surface area contributed by atoms with Crippen LogP contribution >= 0.6 is 15.9 Å². The molecule has 0 bridgehead atoms. The van der Waals surface area contributed by atoms with Gasteiger partial charge < -0.3 is 4.74 Å². The van der Waals surface area contributed by atoms with Gasteiger partial charge in [0, 0.05) is 17.5 Å². The topological polar surface area (TPSA) is 27.1 Å². The molecule has 1 aromatic heterocycles. The second kappa shape index (κ2) is 3.85. The van der Waals surface area contributed by atoms with Crippen molar-refractivity contribution in [3.05, 3.63) is 22.8 Å². The minimum atomic E-state index is 0.339. The lowest BCUT2D eigenvalue weighted by Crippen LogP contribution is -2.02. The average Bonchev–Trinajstić information content (AvgIpc) is 2.56. The van der Waals surface area contributed by atoms with Gasteiger partial charge in [0.2, 0.25) is 0 Å². The van der Waals surface area contributed by atoms with Crippen LogP contribution in [-0.2, 0) is 0 Å². The van der Waals surface area contributed by atoms with Crippen LogP contribution in [0.5, 0.6) is 5.75 Å². The van der Waals surface area contributed by atoms with E-state index in [0.29, 0.717) is 6.04 Å². The van der Waals surface area contributed by atoms with E-state index in [1.807, 2.05) is 22.9 Å². The molecule has 0 fully saturated rings. The van der Waals surface area contributed by atoms with E-state index in [4.69, 9.17) is 4.74 Å². The molecule has 15 heavy (non-hydrogen) atoms. The lowest BCUT2D eigenvalue weighted by Gasteiger charge is -2.07. The number of hydrogen-bond donors (Lipinski definition) is 0. The zero-order chi connectivity index (χ0) is 11.0. The van der Waals surface area contributed by atoms with Gasteiger partial charge in [-0.3, -0.25) is 4.68 Å². The highest BCUT2D eigenvalue weighted by molar-refractivity contribution is 9.10. The van der Waals surface area contributed by atoms with Gasteiger partial charge in [0.1, 0.15) is 10.4 Å². The van der Waals surface area contributed by atoms with Crippen molar-refractivity contribution >= 4 is 26.8 Å². The summed E-state index contributed by atoms with van der Waals surface area (Å²) >= 11 is 3.46. The molecule has 4 heteroatoms. The van der Waals surface area contributed by atoms with Crippen LogP contribution in [0, 0.1) is 0 Å².